The Morgan fingerprint density at radius 2 is 2.19 bits per heavy atom. The summed E-state index contributed by atoms with van der Waals surface area (Å²) in [5.41, 5.74) is 0. The van der Waals surface area contributed by atoms with Crippen LogP contribution in [0.1, 0.15) is 49.9 Å². The average Bonchev–Trinajstić information content (AvgIpc) is 3.27. The topological polar surface area (TPSA) is 112 Å². The van der Waals surface area contributed by atoms with Crippen molar-refractivity contribution in [1.29, 1.82) is 0 Å². The summed E-state index contributed by atoms with van der Waals surface area (Å²) in [5, 5.41) is 7.23. The van der Waals surface area contributed by atoms with Crippen molar-refractivity contribution in [2.75, 3.05) is 16.8 Å². The first kappa shape index (κ1) is 18.1. The van der Waals surface area contributed by atoms with Gasteiger partial charge in [-0.15, -0.1) is 5.10 Å². The molecule has 4 heterocycles. The van der Waals surface area contributed by atoms with Crippen LogP contribution in [0.4, 0.5) is 5.95 Å². The molecule has 3 atom stereocenters. The van der Waals surface area contributed by atoms with E-state index in [1.54, 1.807) is 6.20 Å². The third-order valence-electron chi connectivity index (χ3n) is 5.58. The summed E-state index contributed by atoms with van der Waals surface area (Å²) in [5.74, 6) is 2.05. The van der Waals surface area contributed by atoms with E-state index < -0.39 is 9.84 Å². The molecule has 3 unspecified atom stereocenters. The van der Waals surface area contributed by atoms with Crippen molar-refractivity contribution < 1.29 is 13.2 Å². The van der Waals surface area contributed by atoms with Crippen LogP contribution in [-0.4, -0.2) is 50.1 Å². The summed E-state index contributed by atoms with van der Waals surface area (Å²) in [7, 11) is -2.98. The van der Waals surface area contributed by atoms with Gasteiger partial charge in [-0.1, -0.05) is 0 Å². The highest BCUT2D eigenvalue weighted by molar-refractivity contribution is 7.91. The summed E-state index contributed by atoms with van der Waals surface area (Å²) in [4.78, 5) is 21.0. The number of anilines is 1. The first-order valence-corrected chi connectivity index (χ1v) is 11.1. The molecule has 9 nitrogen and oxygen atoms in total. The number of sulfone groups is 1. The molecule has 27 heavy (non-hydrogen) atoms. The van der Waals surface area contributed by atoms with Crippen LogP contribution >= 0.6 is 0 Å². The second-order valence-corrected chi connectivity index (χ2v) is 9.77. The van der Waals surface area contributed by atoms with Gasteiger partial charge >= 0.3 is 0 Å². The van der Waals surface area contributed by atoms with E-state index in [4.69, 9.17) is 0 Å². The van der Waals surface area contributed by atoms with E-state index in [1.807, 2.05) is 17.8 Å². The first-order valence-electron chi connectivity index (χ1n) is 9.27. The molecule has 2 aliphatic heterocycles. The van der Waals surface area contributed by atoms with E-state index in [-0.39, 0.29) is 41.8 Å². The van der Waals surface area contributed by atoms with Gasteiger partial charge in [-0.05, 0) is 32.6 Å². The molecule has 1 fully saturated rings. The molecule has 0 spiro atoms. The second-order valence-electron chi connectivity index (χ2n) is 7.55. The summed E-state index contributed by atoms with van der Waals surface area (Å²) < 4.78 is 27.1. The fourth-order valence-electron chi connectivity index (χ4n) is 4.17. The van der Waals surface area contributed by atoms with Crippen molar-refractivity contribution in [3.05, 3.63) is 24.0 Å². The Balaban J connectivity index is 1.44. The molecular formula is C17H24N6O3S. The van der Waals surface area contributed by atoms with Crippen LogP contribution in [0.15, 0.2) is 12.4 Å². The average molecular weight is 392 g/mol. The second kappa shape index (κ2) is 6.74. The number of amides is 1. The van der Waals surface area contributed by atoms with Gasteiger partial charge in [0.15, 0.2) is 9.84 Å². The number of nitrogens with zero attached hydrogens (tertiary/aromatic N) is 5. The standard InChI is InChI=1S/C17H24N6O3S/c1-11-14(22-7-6-18-12(22)2)3-4-15-19-17(21-23(11)15)20-16(24)9-13-5-8-27(25,26)10-13/h6-7,11,13-14H,3-5,8-10H2,1-2H3,(H,20,21,24). The Morgan fingerprint density at radius 3 is 2.85 bits per heavy atom. The minimum atomic E-state index is -2.98. The number of nitrogens with one attached hydrogen (secondary N) is 1. The van der Waals surface area contributed by atoms with Gasteiger partial charge in [0.25, 0.3) is 0 Å². The highest BCUT2D eigenvalue weighted by Crippen LogP contribution is 2.34. The zero-order chi connectivity index (χ0) is 19.2. The molecule has 2 aromatic rings. The number of hydrogen-bond donors (Lipinski definition) is 1. The first-order chi connectivity index (χ1) is 12.8. The molecule has 0 aliphatic carbocycles. The fraction of sp³-hybridized carbons (Fsp3) is 0.647. The molecule has 2 aromatic heterocycles. The predicted octanol–water partition coefficient (Wildman–Crippen LogP) is 1.29. The van der Waals surface area contributed by atoms with Crippen LogP contribution in [0.25, 0.3) is 0 Å². The molecule has 0 radical (unpaired) electrons. The number of aromatic nitrogens is 5. The van der Waals surface area contributed by atoms with Gasteiger partial charge in [0.1, 0.15) is 11.6 Å². The van der Waals surface area contributed by atoms with Crippen LogP contribution in [0.2, 0.25) is 0 Å². The lowest BCUT2D eigenvalue weighted by Gasteiger charge is -2.31. The van der Waals surface area contributed by atoms with E-state index in [1.165, 1.54) is 0 Å². The van der Waals surface area contributed by atoms with Gasteiger partial charge in [-0.25, -0.2) is 18.1 Å². The van der Waals surface area contributed by atoms with E-state index in [0.717, 1.165) is 24.5 Å². The van der Waals surface area contributed by atoms with Gasteiger partial charge in [-0.2, -0.15) is 4.98 Å². The lowest BCUT2D eigenvalue weighted by Crippen LogP contribution is -2.28. The van der Waals surface area contributed by atoms with Crippen molar-refractivity contribution in [3.63, 3.8) is 0 Å². The Morgan fingerprint density at radius 1 is 1.37 bits per heavy atom. The minimum absolute atomic E-state index is 0.0938. The zero-order valence-corrected chi connectivity index (χ0v) is 16.3. The van der Waals surface area contributed by atoms with Crippen molar-refractivity contribution in [3.8, 4) is 0 Å². The molecule has 0 aromatic carbocycles. The zero-order valence-electron chi connectivity index (χ0n) is 15.5. The Kier molecular flexibility index (Phi) is 4.53. The highest BCUT2D eigenvalue weighted by Gasteiger charge is 2.32. The Labute approximate surface area is 158 Å². The quantitative estimate of drug-likeness (QED) is 0.839. The number of hydrogen-bond acceptors (Lipinski definition) is 6. The molecule has 10 heteroatoms. The van der Waals surface area contributed by atoms with E-state index in [0.29, 0.717) is 12.4 Å². The monoisotopic (exact) mass is 392 g/mol. The summed E-state index contributed by atoms with van der Waals surface area (Å²) in [6, 6.07) is 0.341. The molecule has 1 amide bonds. The Bertz CT molecular complexity index is 963. The number of aryl methyl sites for hydroxylation is 2. The van der Waals surface area contributed by atoms with Crippen LogP contribution < -0.4 is 5.32 Å². The number of rotatable bonds is 4. The molecule has 2 aliphatic rings. The molecule has 4 rings (SSSR count). The number of carbonyl (C=O) groups excluding carboxylic acids is 1. The van der Waals surface area contributed by atoms with Crippen molar-refractivity contribution in [2.45, 2.75) is 51.6 Å². The normalized spacial score (nSPS) is 26.7. The van der Waals surface area contributed by atoms with Crippen LogP contribution in [-0.2, 0) is 21.1 Å². The third-order valence-corrected chi connectivity index (χ3v) is 7.42. The van der Waals surface area contributed by atoms with Crippen LogP contribution in [0, 0.1) is 12.8 Å². The maximum atomic E-state index is 12.3. The van der Waals surface area contributed by atoms with Gasteiger partial charge in [0, 0.05) is 25.2 Å². The number of imidazole rings is 1. The highest BCUT2D eigenvalue weighted by atomic mass is 32.2. The minimum Gasteiger partial charge on any atom is -0.330 e. The van der Waals surface area contributed by atoms with Crippen LogP contribution in [0.5, 0.6) is 0 Å². The lowest BCUT2D eigenvalue weighted by molar-refractivity contribution is -0.116. The molecule has 146 valence electrons. The van der Waals surface area contributed by atoms with E-state index >= 15 is 0 Å². The third kappa shape index (κ3) is 3.62. The smallest absolute Gasteiger partial charge is 0.248 e. The summed E-state index contributed by atoms with van der Waals surface area (Å²) >= 11 is 0. The molecule has 0 bridgehead atoms. The largest absolute Gasteiger partial charge is 0.330 e. The molecular weight excluding hydrogens is 368 g/mol. The Hall–Kier alpha value is -2.23. The summed E-state index contributed by atoms with van der Waals surface area (Å²) in [6.07, 6.45) is 6.23. The number of fused-ring (bicyclic) bond motifs is 1. The molecule has 1 saturated heterocycles. The molecule has 0 saturated carbocycles. The van der Waals surface area contributed by atoms with Crippen molar-refractivity contribution >= 4 is 21.7 Å². The van der Waals surface area contributed by atoms with Gasteiger partial charge in [-0.3, -0.25) is 10.1 Å². The van der Waals surface area contributed by atoms with Crippen LogP contribution in [0.3, 0.4) is 0 Å². The maximum Gasteiger partial charge on any atom is 0.248 e. The maximum absolute atomic E-state index is 12.3. The van der Waals surface area contributed by atoms with Gasteiger partial charge < -0.3 is 4.57 Å². The van der Waals surface area contributed by atoms with E-state index in [9.17, 15) is 13.2 Å². The van der Waals surface area contributed by atoms with Gasteiger partial charge in [0.05, 0.1) is 23.6 Å². The van der Waals surface area contributed by atoms with Gasteiger partial charge in [0.2, 0.25) is 11.9 Å². The fourth-order valence-corrected chi connectivity index (χ4v) is 6.03. The van der Waals surface area contributed by atoms with E-state index in [2.05, 4.69) is 31.9 Å². The number of carbonyl (C=O) groups is 1. The summed E-state index contributed by atoms with van der Waals surface area (Å²) in [6.45, 7) is 4.08. The van der Waals surface area contributed by atoms with Crippen molar-refractivity contribution in [1.82, 2.24) is 24.3 Å². The molecule has 1 N–H and O–H groups in total. The lowest BCUT2D eigenvalue weighted by atomic mass is 10.00. The predicted molar refractivity (Wildman–Crippen MR) is 99.1 cm³/mol. The van der Waals surface area contributed by atoms with Crippen molar-refractivity contribution in [2.24, 2.45) is 5.92 Å². The SMILES string of the molecule is Cc1nccn1C1CCc2nc(NC(=O)CC3CCS(=O)(=O)C3)nn2C1C.